The average Bonchev–Trinajstić information content (AvgIpc) is 3.37. The highest BCUT2D eigenvalue weighted by atomic mass is 19.1. The number of hydrogen-bond acceptors (Lipinski definition) is 2. The Kier molecular flexibility index (Phi) is 4.33. The van der Waals surface area contributed by atoms with E-state index >= 15 is 0 Å². The summed E-state index contributed by atoms with van der Waals surface area (Å²) in [6.45, 7) is 6.23. The first-order chi connectivity index (χ1) is 13.3. The highest BCUT2D eigenvalue weighted by molar-refractivity contribution is 5.98. The van der Waals surface area contributed by atoms with Gasteiger partial charge in [0.15, 0.2) is 0 Å². The quantitative estimate of drug-likeness (QED) is 0.688. The number of aromatic nitrogens is 2. The lowest BCUT2D eigenvalue weighted by molar-refractivity contribution is 0.0998. The molecule has 4 rings (SSSR count). The van der Waals surface area contributed by atoms with Gasteiger partial charge in [0.05, 0.1) is 11.7 Å². The van der Waals surface area contributed by atoms with Crippen molar-refractivity contribution in [2.75, 3.05) is 0 Å². The highest BCUT2D eigenvalue weighted by Gasteiger charge is 2.31. The fraction of sp³-hybridized carbons (Fsp3) is 0.304. The summed E-state index contributed by atoms with van der Waals surface area (Å²) in [6.07, 6.45) is 4.02. The fourth-order valence-electron chi connectivity index (χ4n) is 3.79. The van der Waals surface area contributed by atoms with E-state index in [1.54, 1.807) is 18.3 Å². The summed E-state index contributed by atoms with van der Waals surface area (Å²) in [7, 11) is 0. The second kappa shape index (κ2) is 6.59. The van der Waals surface area contributed by atoms with E-state index in [9.17, 15) is 9.18 Å². The summed E-state index contributed by atoms with van der Waals surface area (Å²) < 4.78 is 15.4. The Balaban J connectivity index is 2.01. The third-order valence-corrected chi connectivity index (χ3v) is 5.17. The van der Waals surface area contributed by atoms with Crippen molar-refractivity contribution in [1.29, 1.82) is 0 Å². The molecule has 1 heterocycles. The Hall–Kier alpha value is -2.95. The van der Waals surface area contributed by atoms with E-state index in [1.807, 2.05) is 16.8 Å². The number of primary amides is 1. The van der Waals surface area contributed by atoms with E-state index in [-0.39, 0.29) is 11.2 Å². The van der Waals surface area contributed by atoms with Gasteiger partial charge in [0.25, 0.3) is 0 Å². The first kappa shape index (κ1) is 18.4. The molecule has 1 aliphatic rings. The van der Waals surface area contributed by atoms with Gasteiger partial charge in [-0.3, -0.25) is 9.48 Å². The predicted octanol–water partition coefficient (Wildman–Crippen LogP) is 5.09. The van der Waals surface area contributed by atoms with Crippen molar-refractivity contribution in [2.45, 2.75) is 45.1 Å². The minimum absolute atomic E-state index is 0.292. The molecule has 0 saturated heterocycles. The van der Waals surface area contributed by atoms with Gasteiger partial charge in [-0.05, 0) is 65.3 Å². The topological polar surface area (TPSA) is 60.9 Å². The molecule has 5 heteroatoms. The molecule has 0 unspecified atom stereocenters. The number of nitrogens with two attached hydrogens (primary N) is 1. The molecule has 1 aliphatic carbocycles. The molecule has 28 heavy (non-hydrogen) atoms. The summed E-state index contributed by atoms with van der Waals surface area (Å²) in [4.78, 5) is 12.4. The van der Waals surface area contributed by atoms with E-state index < -0.39 is 5.91 Å². The molecule has 3 aromatic rings. The first-order valence-corrected chi connectivity index (χ1v) is 9.54. The second-order valence-electron chi connectivity index (χ2n) is 8.46. The molecule has 1 aromatic heterocycles. The number of benzene rings is 2. The zero-order valence-electron chi connectivity index (χ0n) is 16.4. The molecule has 0 radical (unpaired) electrons. The van der Waals surface area contributed by atoms with E-state index in [4.69, 9.17) is 5.73 Å². The summed E-state index contributed by atoms with van der Waals surface area (Å²) in [5, 5.41) is 4.52. The number of hydrogen-bond donors (Lipinski definition) is 1. The molecule has 144 valence electrons. The van der Waals surface area contributed by atoms with Crippen LogP contribution in [0.15, 0.2) is 48.7 Å². The standard InChI is InChI=1S/C23H24FN3O/c1-23(2,3)21-18(20-10-11-26-27(20)17-8-9-17)12-15(13-19(21)22(25)28)14-4-6-16(24)7-5-14/h4-7,10-13,17H,8-9H2,1-3H3,(H2,25,28). The SMILES string of the molecule is CC(C)(C)c1c(C(N)=O)cc(-c2ccc(F)cc2)cc1-c1ccnn1C1CC1. The lowest BCUT2D eigenvalue weighted by Crippen LogP contribution is -2.23. The van der Waals surface area contributed by atoms with Gasteiger partial charge in [0.1, 0.15) is 5.82 Å². The smallest absolute Gasteiger partial charge is 0.249 e. The van der Waals surface area contributed by atoms with E-state index in [0.717, 1.165) is 40.8 Å². The number of amides is 1. The van der Waals surface area contributed by atoms with Gasteiger partial charge in [-0.25, -0.2) is 4.39 Å². The van der Waals surface area contributed by atoms with Gasteiger partial charge in [0.2, 0.25) is 5.91 Å². The zero-order chi connectivity index (χ0) is 20.1. The van der Waals surface area contributed by atoms with Crippen molar-refractivity contribution < 1.29 is 9.18 Å². The molecule has 1 fully saturated rings. The molecule has 0 aliphatic heterocycles. The van der Waals surface area contributed by atoms with Crippen LogP contribution < -0.4 is 5.73 Å². The van der Waals surface area contributed by atoms with E-state index in [2.05, 4.69) is 31.9 Å². The Morgan fingerprint density at radius 1 is 1.11 bits per heavy atom. The molecule has 1 saturated carbocycles. The largest absolute Gasteiger partial charge is 0.366 e. The predicted molar refractivity (Wildman–Crippen MR) is 109 cm³/mol. The molecule has 1 amide bonds. The molecule has 0 atom stereocenters. The fourth-order valence-corrected chi connectivity index (χ4v) is 3.79. The van der Waals surface area contributed by atoms with Crippen molar-refractivity contribution in [3.63, 3.8) is 0 Å². The van der Waals surface area contributed by atoms with Crippen LogP contribution in [0.1, 0.15) is 55.6 Å². The van der Waals surface area contributed by atoms with E-state index in [0.29, 0.717) is 11.6 Å². The van der Waals surface area contributed by atoms with Crippen molar-refractivity contribution in [1.82, 2.24) is 9.78 Å². The number of nitrogens with zero attached hydrogens (tertiary/aromatic N) is 2. The third-order valence-electron chi connectivity index (χ3n) is 5.17. The second-order valence-corrected chi connectivity index (χ2v) is 8.46. The van der Waals surface area contributed by atoms with Gasteiger partial charge < -0.3 is 5.73 Å². The van der Waals surface area contributed by atoms with Crippen molar-refractivity contribution in [3.8, 4) is 22.4 Å². The Labute approximate surface area is 164 Å². The highest BCUT2D eigenvalue weighted by Crippen LogP contribution is 2.43. The van der Waals surface area contributed by atoms with Crippen LogP contribution in [-0.4, -0.2) is 15.7 Å². The maximum absolute atomic E-state index is 13.4. The van der Waals surface area contributed by atoms with Crippen molar-refractivity contribution >= 4 is 5.91 Å². The maximum atomic E-state index is 13.4. The van der Waals surface area contributed by atoms with Crippen LogP contribution >= 0.6 is 0 Å². The lowest BCUT2D eigenvalue weighted by Gasteiger charge is -2.27. The van der Waals surface area contributed by atoms with Crippen molar-refractivity contribution in [2.24, 2.45) is 5.73 Å². The van der Waals surface area contributed by atoms with Gasteiger partial charge in [-0.15, -0.1) is 0 Å². The van der Waals surface area contributed by atoms with Gasteiger partial charge in [-0.1, -0.05) is 32.9 Å². The first-order valence-electron chi connectivity index (χ1n) is 9.54. The van der Waals surface area contributed by atoms with Crippen LogP contribution in [-0.2, 0) is 5.41 Å². The lowest BCUT2D eigenvalue weighted by atomic mass is 9.78. The molecule has 4 nitrogen and oxygen atoms in total. The minimum Gasteiger partial charge on any atom is -0.366 e. The van der Waals surface area contributed by atoms with Crippen LogP contribution in [0.2, 0.25) is 0 Å². The average molecular weight is 377 g/mol. The summed E-state index contributed by atoms with van der Waals surface area (Å²) in [6, 6.07) is 12.6. The van der Waals surface area contributed by atoms with Gasteiger partial charge in [-0.2, -0.15) is 5.10 Å². The molecule has 2 aromatic carbocycles. The Bertz CT molecular complexity index is 1040. The molecule has 0 spiro atoms. The number of carbonyl (C=O) groups excluding carboxylic acids is 1. The summed E-state index contributed by atoms with van der Waals surface area (Å²) >= 11 is 0. The Morgan fingerprint density at radius 3 is 2.36 bits per heavy atom. The minimum atomic E-state index is -0.465. The molecular formula is C23H24FN3O. The van der Waals surface area contributed by atoms with E-state index in [1.165, 1.54) is 12.1 Å². The third kappa shape index (κ3) is 3.33. The zero-order valence-corrected chi connectivity index (χ0v) is 16.4. The normalized spacial score (nSPS) is 14.3. The van der Waals surface area contributed by atoms with Crippen LogP contribution in [0.5, 0.6) is 0 Å². The monoisotopic (exact) mass is 377 g/mol. The van der Waals surface area contributed by atoms with Gasteiger partial charge >= 0.3 is 0 Å². The van der Waals surface area contributed by atoms with Gasteiger partial charge in [0, 0.05) is 17.3 Å². The van der Waals surface area contributed by atoms with Crippen LogP contribution in [0.3, 0.4) is 0 Å². The molecular weight excluding hydrogens is 353 g/mol. The Morgan fingerprint density at radius 2 is 1.79 bits per heavy atom. The van der Waals surface area contributed by atoms with Crippen LogP contribution in [0, 0.1) is 5.82 Å². The summed E-state index contributed by atoms with van der Waals surface area (Å²) in [5.41, 5.74) is 10.5. The number of carbonyl (C=O) groups is 1. The number of halogens is 1. The van der Waals surface area contributed by atoms with Crippen LogP contribution in [0.4, 0.5) is 4.39 Å². The summed E-state index contributed by atoms with van der Waals surface area (Å²) in [5.74, 6) is -0.759. The molecule has 2 N–H and O–H groups in total. The number of rotatable bonds is 4. The van der Waals surface area contributed by atoms with Crippen LogP contribution in [0.25, 0.3) is 22.4 Å². The van der Waals surface area contributed by atoms with Crippen molar-refractivity contribution in [3.05, 3.63) is 65.6 Å². The maximum Gasteiger partial charge on any atom is 0.249 e. The molecule has 0 bridgehead atoms.